The maximum atomic E-state index is 11.4. The fourth-order valence-corrected chi connectivity index (χ4v) is 1.42. The molecule has 2 rings (SSSR count). The lowest BCUT2D eigenvalue weighted by Gasteiger charge is -2.02. The van der Waals surface area contributed by atoms with Crippen molar-refractivity contribution in [1.29, 1.82) is 0 Å². The van der Waals surface area contributed by atoms with Crippen LogP contribution in [0, 0.1) is 0 Å². The fourth-order valence-electron chi connectivity index (χ4n) is 1.42. The summed E-state index contributed by atoms with van der Waals surface area (Å²) in [7, 11) is 0. The fraction of sp³-hybridized carbons (Fsp3) is 0.250. The van der Waals surface area contributed by atoms with Gasteiger partial charge in [0.2, 0.25) is 17.6 Å². The van der Waals surface area contributed by atoms with Crippen LogP contribution in [0.2, 0.25) is 0 Å². The van der Waals surface area contributed by atoms with E-state index >= 15 is 0 Å². The van der Waals surface area contributed by atoms with E-state index in [2.05, 4.69) is 30.7 Å². The van der Waals surface area contributed by atoms with Gasteiger partial charge >= 0.3 is 0 Å². The van der Waals surface area contributed by atoms with E-state index in [1.54, 1.807) is 24.4 Å². The lowest BCUT2D eigenvalue weighted by molar-refractivity contribution is -0.125. The molecule has 0 saturated heterocycles. The zero-order valence-electron chi connectivity index (χ0n) is 11.1. The van der Waals surface area contributed by atoms with Gasteiger partial charge in [-0.2, -0.15) is 0 Å². The highest BCUT2D eigenvalue weighted by molar-refractivity contribution is 5.82. The molecule has 0 aliphatic carbocycles. The molecule has 0 saturated carbocycles. The van der Waals surface area contributed by atoms with Gasteiger partial charge in [-0.3, -0.25) is 14.6 Å². The van der Waals surface area contributed by atoms with Gasteiger partial charge in [0, 0.05) is 19.0 Å². The molecule has 0 unspecified atom stereocenters. The molecule has 0 aliphatic heterocycles. The van der Waals surface area contributed by atoms with E-state index in [-0.39, 0.29) is 31.1 Å². The van der Waals surface area contributed by atoms with Crippen LogP contribution < -0.4 is 11.1 Å². The van der Waals surface area contributed by atoms with Gasteiger partial charge < -0.3 is 11.1 Å². The highest BCUT2D eigenvalue weighted by Gasteiger charge is 2.07. The minimum Gasteiger partial charge on any atom is -0.370 e. The van der Waals surface area contributed by atoms with Gasteiger partial charge in [-0.15, -0.1) is 20.4 Å². The van der Waals surface area contributed by atoms with Crippen LogP contribution in [-0.4, -0.2) is 37.2 Å². The molecule has 2 aromatic heterocycles. The third-order valence-electron chi connectivity index (χ3n) is 2.46. The molecule has 0 bridgehead atoms. The molecule has 0 atom stereocenters. The second-order valence-electron chi connectivity index (χ2n) is 4.10. The molecule has 2 aromatic rings. The zero-order valence-corrected chi connectivity index (χ0v) is 11.1. The molecule has 3 N–H and O–H groups in total. The standard InChI is InChI=1S/C12H13N7O2/c13-9(20)4-5-11(21)15-7-10-16-18-12(19-17-10)8-3-1-2-6-14-8/h1-3,6H,4-5,7H2,(H2,13,20)(H,15,21). The van der Waals surface area contributed by atoms with Gasteiger partial charge in [0.15, 0.2) is 5.82 Å². The smallest absolute Gasteiger partial charge is 0.221 e. The Balaban J connectivity index is 1.88. The predicted octanol–water partition coefficient (Wildman–Crippen LogP) is -0.790. The minimum atomic E-state index is -0.524. The van der Waals surface area contributed by atoms with Crippen LogP contribution in [0.5, 0.6) is 0 Å². The summed E-state index contributed by atoms with van der Waals surface area (Å²) in [6.45, 7) is 0.0834. The molecule has 2 heterocycles. The van der Waals surface area contributed by atoms with Gasteiger partial charge in [0.1, 0.15) is 5.69 Å². The van der Waals surface area contributed by atoms with Crippen molar-refractivity contribution >= 4 is 11.8 Å². The second-order valence-corrected chi connectivity index (χ2v) is 4.10. The van der Waals surface area contributed by atoms with E-state index in [1.807, 2.05) is 0 Å². The van der Waals surface area contributed by atoms with Crippen LogP contribution in [0.1, 0.15) is 18.7 Å². The molecule has 9 nitrogen and oxygen atoms in total. The number of amides is 2. The third-order valence-corrected chi connectivity index (χ3v) is 2.46. The van der Waals surface area contributed by atoms with Crippen molar-refractivity contribution in [3.63, 3.8) is 0 Å². The number of hydrogen-bond acceptors (Lipinski definition) is 7. The largest absolute Gasteiger partial charge is 0.370 e. The van der Waals surface area contributed by atoms with Crippen molar-refractivity contribution in [2.45, 2.75) is 19.4 Å². The average molecular weight is 287 g/mol. The van der Waals surface area contributed by atoms with Crippen molar-refractivity contribution in [3.05, 3.63) is 30.2 Å². The molecule has 0 radical (unpaired) electrons. The van der Waals surface area contributed by atoms with Crippen molar-refractivity contribution in [3.8, 4) is 11.5 Å². The number of carbonyl (C=O) groups is 2. The normalized spacial score (nSPS) is 10.1. The number of primary amides is 1. The van der Waals surface area contributed by atoms with Crippen molar-refractivity contribution in [2.75, 3.05) is 0 Å². The highest BCUT2D eigenvalue weighted by Crippen LogP contribution is 2.07. The molecule has 21 heavy (non-hydrogen) atoms. The van der Waals surface area contributed by atoms with E-state index in [0.29, 0.717) is 11.5 Å². The number of rotatable bonds is 6. The van der Waals surface area contributed by atoms with Crippen molar-refractivity contribution < 1.29 is 9.59 Å². The Bertz CT molecular complexity index is 615. The zero-order chi connectivity index (χ0) is 15.1. The van der Waals surface area contributed by atoms with E-state index in [1.165, 1.54) is 0 Å². The quantitative estimate of drug-likeness (QED) is 0.710. The topological polar surface area (TPSA) is 137 Å². The molecule has 0 spiro atoms. The Hall–Kier alpha value is -2.97. The van der Waals surface area contributed by atoms with E-state index in [4.69, 9.17) is 5.73 Å². The Morgan fingerprint density at radius 1 is 1.10 bits per heavy atom. The molecule has 2 amide bonds. The predicted molar refractivity (Wildman–Crippen MR) is 71.1 cm³/mol. The lowest BCUT2D eigenvalue weighted by atomic mass is 10.3. The highest BCUT2D eigenvalue weighted by atomic mass is 16.2. The van der Waals surface area contributed by atoms with Crippen LogP contribution in [-0.2, 0) is 16.1 Å². The number of hydrogen-bond donors (Lipinski definition) is 2. The van der Waals surface area contributed by atoms with Gasteiger partial charge in [-0.1, -0.05) is 6.07 Å². The summed E-state index contributed by atoms with van der Waals surface area (Å²) in [6.07, 6.45) is 1.65. The van der Waals surface area contributed by atoms with Gasteiger partial charge in [-0.25, -0.2) is 0 Å². The average Bonchev–Trinajstić information content (AvgIpc) is 2.52. The molecular weight excluding hydrogens is 274 g/mol. The maximum Gasteiger partial charge on any atom is 0.221 e. The number of pyridine rings is 1. The van der Waals surface area contributed by atoms with Gasteiger partial charge in [0.05, 0.1) is 6.54 Å². The molecule has 9 heteroatoms. The monoisotopic (exact) mass is 287 g/mol. The summed E-state index contributed by atoms with van der Waals surface area (Å²) in [5, 5.41) is 18.0. The number of aromatic nitrogens is 5. The summed E-state index contributed by atoms with van der Waals surface area (Å²) in [6, 6.07) is 5.32. The first-order chi connectivity index (χ1) is 10.1. The maximum absolute atomic E-state index is 11.4. The lowest BCUT2D eigenvalue weighted by Crippen LogP contribution is -2.25. The summed E-state index contributed by atoms with van der Waals surface area (Å²) in [4.78, 5) is 26.0. The second kappa shape index (κ2) is 6.98. The Morgan fingerprint density at radius 3 is 2.48 bits per heavy atom. The van der Waals surface area contributed by atoms with Crippen LogP contribution in [0.4, 0.5) is 0 Å². The van der Waals surface area contributed by atoms with Gasteiger partial charge in [0.25, 0.3) is 0 Å². The van der Waals surface area contributed by atoms with E-state index in [0.717, 1.165) is 0 Å². The Morgan fingerprint density at radius 2 is 1.86 bits per heavy atom. The first kappa shape index (κ1) is 14.4. The summed E-state index contributed by atoms with van der Waals surface area (Å²) < 4.78 is 0. The number of nitrogens with one attached hydrogen (secondary N) is 1. The number of nitrogens with zero attached hydrogens (tertiary/aromatic N) is 5. The molecule has 0 aliphatic rings. The van der Waals surface area contributed by atoms with E-state index < -0.39 is 5.91 Å². The first-order valence-electron chi connectivity index (χ1n) is 6.18. The van der Waals surface area contributed by atoms with Crippen molar-refractivity contribution in [1.82, 2.24) is 30.7 Å². The molecule has 108 valence electrons. The molecule has 0 fully saturated rings. The molecule has 0 aromatic carbocycles. The Labute approximate surface area is 120 Å². The third kappa shape index (κ3) is 4.56. The van der Waals surface area contributed by atoms with Crippen LogP contribution in [0.3, 0.4) is 0 Å². The van der Waals surface area contributed by atoms with Crippen molar-refractivity contribution in [2.24, 2.45) is 5.73 Å². The SMILES string of the molecule is NC(=O)CCC(=O)NCc1nnc(-c2ccccn2)nn1. The van der Waals surface area contributed by atoms with Crippen LogP contribution in [0.25, 0.3) is 11.5 Å². The minimum absolute atomic E-state index is 0.00179. The summed E-state index contributed by atoms with van der Waals surface area (Å²) >= 11 is 0. The Kier molecular flexibility index (Phi) is 4.80. The van der Waals surface area contributed by atoms with Crippen LogP contribution in [0.15, 0.2) is 24.4 Å². The van der Waals surface area contributed by atoms with Gasteiger partial charge in [-0.05, 0) is 12.1 Å². The van der Waals surface area contributed by atoms with Crippen LogP contribution >= 0.6 is 0 Å². The van der Waals surface area contributed by atoms with E-state index in [9.17, 15) is 9.59 Å². The molecular formula is C12H13N7O2. The number of nitrogens with two attached hydrogens (primary N) is 1. The summed E-state index contributed by atoms with van der Waals surface area (Å²) in [5.74, 6) is -0.267. The number of carbonyl (C=O) groups excluding carboxylic acids is 2. The summed E-state index contributed by atoms with van der Waals surface area (Å²) in [5.41, 5.74) is 5.51. The first-order valence-corrected chi connectivity index (χ1v) is 6.18.